The Morgan fingerprint density at radius 2 is 1.90 bits per heavy atom. The number of hydrogen-bond acceptors (Lipinski definition) is 3. The average molecular weight is 270 g/mol. The van der Waals surface area contributed by atoms with Gasteiger partial charge in [-0.15, -0.1) is 0 Å². The van der Waals surface area contributed by atoms with Gasteiger partial charge in [0.2, 0.25) is 5.91 Å². The molecule has 1 amide bonds. The van der Waals surface area contributed by atoms with Crippen molar-refractivity contribution in [2.24, 2.45) is 0 Å². The molecule has 0 aromatic heterocycles. The summed E-state index contributed by atoms with van der Waals surface area (Å²) >= 11 is 0. The van der Waals surface area contributed by atoms with E-state index in [1.165, 1.54) is 0 Å². The third-order valence-corrected chi connectivity index (χ3v) is 2.76. The largest absolute Gasteiger partial charge is 0.492 e. The first-order valence-corrected chi connectivity index (χ1v) is 6.53. The molecular formula is C16H18N2O2. The third kappa shape index (κ3) is 4.65. The molecule has 2 aromatic rings. The van der Waals surface area contributed by atoms with Gasteiger partial charge in [0.25, 0.3) is 0 Å². The van der Waals surface area contributed by atoms with Crippen molar-refractivity contribution in [1.29, 1.82) is 0 Å². The van der Waals surface area contributed by atoms with Gasteiger partial charge >= 0.3 is 0 Å². The lowest BCUT2D eigenvalue weighted by Gasteiger charge is -2.08. The van der Waals surface area contributed by atoms with Crippen molar-refractivity contribution in [3.05, 3.63) is 60.2 Å². The second kappa shape index (κ2) is 7.19. The highest BCUT2D eigenvalue weighted by molar-refractivity contribution is 5.78. The minimum Gasteiger partial charge on any atom is -0.492 e. The number of anilines is 1. The van der Waals surface area contributed by atoms with E-state index in [1.807, 2.05) is 42.5 Å². The van der Waals surface area contributed by atoms with Crippen LogP contribution in [0, 0.1) is 0 Å². The van der Waals surface area contributed by atoms with E-state index in [2.05, 4.69) is 5.32 Å². The Kier molecular flexibility index (Phi) is 5.00. The van der Waals surface area contributed by atoms with E-state index in [0.717, 1.165) is 5.56 Å². The molecule has 0 atom stereocenters. The van der Waals surface area contributed by atoms with Crippen molar-refractivity contribution in [3.63, 3.8) is 0 Å². The van der Waals surface area contributed by atoms with Gasteiger partial charge < -0.3 is 15.8 Å². The zero-order valence-electron chi connectivity index (χ0n) is 11.2. The first-order chi connectivity index (χ1) is 9.74. The second-order valence-corrected chi connectivity index (χ2v) is 4.43. The summed E-state index contributed by atoms with van der Waals surface area (Å²) in [6.45, 7) is 0.893. The fraction of sp³-hybridized carbons (Fsp3) is 0.188. The van der Waals surface area contributed by atoms with Gasteiger partial charge in [0.15, 0.2) is 0 Å². The number of carbonyl (C=O) groups excluding carboxylic acids is 1. The van der Waals surface area contributed by atoms with Crippen LogP contribution in [0.1, 0.15) is 5.56 Å². The molecule has 4 nitrogen and oxygen atoms in total. The second-order valence-electron chi connectivity index (χ2n) is 4.43. The number of nitrogen functional groups attached to an aromatic ring is 1. The number of rotatable bonds is 6. The average Bonchev–Trinajstić information content (AvgIpc) is 2.45. The van der Waals surface area contributed by atoms with Crippen LogP contribution in [0.15, 0.2) is 54.6 Å². The van der Waals surface area contributed by atoms with Crippen LogP contribution in [-0.4, -0.2) is 19.1 Å². The number of amides is 1. The SMILES string of the molecule is Nc1cccc(OCCNC(=O)Cc2ccccc2)c1. The van der Waals surface area contributed by atoms with Gasteiger partial charge in [-0.25, -0.2) is 0 Å². The summed E-state index contributed by atoms with van der Waals surface area (Å²) < 4.78 is 5.49. The predicted molar refractivity (Wildman–Crippen MR) is 79.5 cm³/mol. The Morgan fingerprint density at radius 3 is 2.65 bits per heavy atom. The van der Waals surface area contributed by atoms with E-state index in [4.69, 9.17) is 10.5 Å². The van der Waals surface area contributed by atoms with Crippen LogP contribution in [-0.2, 0) is 11.2 Å². The molecule has 0 radical (unpaired) electrons. The van der Waals surface area contributed by atoms with E-state index < -0.39 is 0 Å². The molecule has 2 aromatic carbocycles. The lowest BCUT2D eigenvalue weighted by atomic mass is 10.1. The van der Waals surface area contributed by atoms with Crippen molar-refractivity contribution >= 4 is 11.6 Å². The van der Waals surface area contributed by atoms with E-state index in [0.29, 0.717) is 31.0 Å². The minimum absolute atomic E-state index is 0.00706. The van der Waals surface area contributed by atoms with Gasteiger partial charge in [0.05, 0.1) is 13.0 Å². The zero-order valence-corrected chi connectivity index (χ0v) is 11.2. The molecule has 0 aliphatic rings. The Hall–Kier alpha value is -2.49. The molecule has 0 spiro atoms. The molecule has 3 N–H and O–H groups in total. The van der Waals surface area contributed by atoms with Crippen LogP contribution in [0.4, 0.5) is 5.69 Å². The van der Waals surface area contributed by atoms with Gasteiger partial charge in [-0.3, -0.25) is 4.79 Å². The fourth-order valence-electron chi connectivity index (χ4n) is 1.81. The summed E-state index contributed by atoms with van der Waals surface area (Å²) in [5.41, 5.74) is 7.31. The number of nitrogens with one attached hydrogen (secondary N) is 1. The molecule has 0 fully saturated rings. The van der Waals surface area contributed by atoms with Gasteiger partial charge in [-0.05, 0) is 17.7 Å². The maximum Gasteiger partial charge on any atom is 0.224 e. The monoisotopic (exact) mass is 270 g/mol. The topological polar surface area (TPSA) is 64.3 Å². The van der Waals surface area contributed by atoms with E-state index in [-0.39, 0.29) is 5.91 Å². The molecular weight excluding hydrogens is 252 g/mol. The number of nitrogens with two attached hydrogens (primary N) is 1. The Balaban J connectivity index is 1.67. The zero-order chi connectivity index (χ0) is 14.2. The molecule has 2 rings (SSSR count). The summed E-state index contributed by atoms with van der Waals surface area (Å²) in [7, 11) is 0. The van der Waals surface area contributed by atoms with Gasteiger partial charge in [-0.1, -0.05) is 36.4 Å². The first-order valence-electron chi connectivity index (χ1n) is 6.53. The molecule has 20 heavy (non-hydrogen) atoms. The van der Waals surface area contributed by atoms with Crippen LogP contribution < -0.4 is 15.8 Å². The fourth-order valence-corrected chi connectivity index (χ4v) is 1.81. The Labute approximate surface area is 118 Å². The Morgan fingerprint density at radius 1 is 1.10 bits per heavy atom. The lowest BCUT2D eigenvalue weighted by Crippen LogP contribution is -2.29. The normalized spacial score (nSPS) is 10.0. The summed E-state index contributed by atoms with van der Waals surface area (Å²) in [4.78, 5) is 11.7. The minimum atomic E-state index is -0.00706. The third-order valence-electron chi connectivity index (χ3n) is 2.76. The molecule has 0 aliphatic carbocycles. The first kappa shape index (κ1) is 13.9. The highest BCUT2D eigenvalue weighted by Crippen LogP contribution is 2.13. The molecule has 4 heteroatoms. The van der Waals surface area contributed by atoms with Gasteiger partial charge in [-0.2, -0.15) is 0 Å². The van der Waals surface area contributed by atoms with Crippen LogP contribution in [0.2, 0.25) is 0 Å². The van der Waals surface area contributed by atoms with E-state index >= 15 is 0 Å². The maximum absolute atomic E-state index is 11.7. The predicted octanol–water partition coefficient (Wildman–Crippen LogP) is 2.01. The highest BCUT2D eigenvalue weighted by atomic mass is 16.5. The molecule has 0 saturated carbocycles. The molecule has 0 heterocycles. The van der Waals surface area contributed by atoms with Crippen molar-refractivity contribution in [3.8, 4) is 5.75 Å². The summed E-state index contributed by atoms with van der Waals surface area (Å²) in [5, 5.41) is 2.82. The van der Waals surface area contributed by atoms with Crippen molar-refractivity contribution in [2.45, 2.75) is 6.42 Å². The van der Waals surface area contributed by atoms with Gasteiger partial charge in [0.1, 0.15) is 12.4 Å². The number of carbonyl (C=O) groups is 1. The quantitative estimate of drug-likeness (QED) is 0.623. The van der Waals surface area contributed by atoms with Crippen LogP contribution in [0.3, 0.4) is 0 Å². The van der Waals surface area contributed by atoms with Crippen LogP contribution in [0.5, 0.6) is 5.75 Å². The summed E-state index contributed by atoms with van der Waals surface area (Å²) in [5.74, 6) is 0.703. The van der Waals surface area contributed by atoms with E-state index in [1.54, 1.807) is 12.1 Å². The number of ether oxygens (including phenoxy) is 1. The number of hydrogen-bond donors (Lipinski definition) is 2. The molecule has 0 saturated heterocycles. The highest BCUT2D eigenvalue weighted by Gasteiger charge is 2.02. The molecule has 0 unspecified atom stereocenters. The van der Waals surface area contributed by atoms with Crippen molar-refractivity contribution < 1.29 is 9.53 Å². The molecule has 0 bridgehead atoms. The molecule has 0 aliphatic heterocycles. The maximum atomic E-state index is 11.7. The van der Waals surface area contributed by atoms with Crippen molar-refractivity contribution in [2.75, 3.05) is 18.9 Å². The Bertz CT molecular complexity index is 555. The summed E-state index contributed by atoms with van der Waals surface area (Å²) in [6.07, 6.45) is 0.388. The van der Waals surface area contributed by atoms with Crippen molar-refractivity contribution in [1.82, 2.24) is 5.32 Å². The summed E-state index contributed by atoms with van der Waals surface area (Å²) in [6, 6.07) is 16.9. The smallest absolute Gasteiger partial charge is 0.224 e. The van der Waals surface area contributed by atoms with E-state index in [9.17, 15) is 4.79 Å². The standard InChI is InChI=1S/C16H18N2O2/c17-14-7-4-8-15(12-14)20-10-9-18-16(19)11-13-5-2-1-3-6-13/h1-8,12H,9-11,17H2,(H,18,19). The lowest BCUT2D eigenvalue weighted by molar-refractivity contribution is -0.120. The van der Waals surface area contributed by atoms with Crippen LogP contribution >= 0.6 is 0 Å². The van der Waals surface area contributed by atoms with Crippen LogP contribution in [0.25, 0.3) is 0 Å². The molecule has 104 valence electrons. The van der Waals surface area contributed by atoms with Gasteiger partial charge in [0, 0.05) is 11.8 Å². The number of benzene rings is 2.